The van der Waals surface area contributed by atoms with E-state index in [2.05, 4.69) is 37.0 Å². The van der Waals surface area contributed by atoms with Crippen LogP contribution in [-0.4, -0.2) is 10.2 Å². The van der Waals surface area contributed by atoms with Gasteiger partial charge in [-0.15, -0.1) is 0 Å². The molecule has 0 aliphatic carbocycles. The summed E-state index contributed by atoms with van der Waals surface area (Å²) in [6.07, 6.45) is 2.99. The highest BCUT2D eigenvalue weighted by atomic mass is 15.1. The van der Waals surface area contributed by atoms with Crippen molar-refractivity contribution < 1.29 is 0 Å². The first-order chi connectivity index (χ1) is 6.24. The first kappa shape index (κ1) is 8.30. The smallest absolute Gasteiger partial charge is 0.0655 e. The molecule has 1 aromatic heterocycles. The van der Waals surface area contributed by atoms with Gasteiger partial charge in [0.2, 0.25) is 0 Å². The highest BCUT2D eigenvalue weighted by Crippen LogP contribution is 2.23. The van der Waals surface area contributed by atoms with Crippen molar-refractivity contribution in [3.8, 4) is 0 Å². The second-order valence-corrected chi connectivity index (χ2v) is 3.48. The van der Waals surface area contributed by atoms with E-state index >= 15 is 0 Å². The minimum Gasteiger partial charge on any atom is -0.278 e. The van der Waals surface area contributed by atoms with Gasteiger partial charge in [0.15, 0.2) is 0 Å². The van der Waals surface area contributed by atoms with Crippen LogP contribution in [0.25, 0.3) is 10.9 Å². The van der Waals surface area contributed by atoms with E-state index in [-0.39, 0.29) is 0 Å². The summed E-state index contributed by atoms with van der Waals surface area (Å²) in [6.45, 7) is 6.52. The maximum atomic E-state index is 4.07. The van der Waals surface area contributed by atoms with E-state index in [0.29, 0.717) is 0 Å². The minimum atomic E-state index is 1.07. The molecular formula is C11H14N2. The van der Waals surface area contributed by atoms with Crippen molar-refractivity contribution in [2.24, 2.45) is 0 Å². The number of aryl methyl sites for hydroxylation is 2. The third-order valence-corrected chi connectivity index (χ3v) is 2.75. The zero-order valence-corrected chi connectivity index (χ0v) is 8.31. The van der Waals surface area contributed by atoms with Crippen molar-refractivity contribution in [3.05, 3.63) is 29.0 Å². The van der Waals surface area contributed by atoms with Gasteiger partial charge in [-0.1, -0.05) is 6.92 Å². The van der Waals surface area contributed by atoms with Crippen LogP contribution in [0.1, 0.15) is 23.6 Å². The van der Waals surface area contributed by atoms with E-state index in [1.54, 1.807) is 0 Å². The number of nitrogens with one attached hydrogen (secondary N) is 1. The Balaban J connectivity index is 2.87. The first-order valence-electron chi connectivity index (χ1n) is 4.66. The molecule has 68 valence electrons. The van der Waals surface area contributed by atoms with E-state index in [4.69, 9.17) is 0 Å². The lowest BCUT2D eigenvalue weighted by Crippen LogP contribution is -1.91. The van der Waals surface area contributed by atoms with Gasteiger partial charge in [-0.2, -0.15) is 5.10 Å². The normalized spacial score (nSPS) is 11.0. The van der Waals surface area contributed by atoms with Gasteiger partial charge in [0.25, 0.3) is 0 Å². The van der Waals surface area contributed by atoms with Crippen LogP contribution in [0, 0.1) is 13.8 Å². The molecule has 0 aliphatic heterocycles. The lowest BCUT2D eigenvalue weighted by molar-refractivity contribution is 1.11. The maximum absolute atomic E-state index is 4.07. The Morgan fingerprint density at radius 2 is 2.15 bits per heavy atom. The highest BCUT2D eigenvalue weighted by molar-refractivity contribution is 5.83. The molecule has 0 aliphatic rings. The van der Waals surface area contributed by atoms with Gasteiger partial charge in [-0.25, -0.2) is 0 Å². The number of nitrogens with zero attached hydrogens (tertiary/aromatic N) is 1. The van der Waals surface area contributed by atoms with Gasteiger partial charge in [-0.05, 0) is 43.0 Å². The van der Waals surface area contributed by atoms with Crippen LogP contribution in [0.15, 0.2) is 12.3 Å². The number of aromatic nitrogens is 2. The van der Waals surface area contributed by atoms with Crippen LogP contribution in [0.4, 0.5) is 0 Å². The first-order valence-corrected chi connectivity index (χ1v) is 4.66. The molecule has 0 spiro atoms. The van der Waals surface area contributed by atoms with Crippen molar-refractivity contribution in [1.82, 2.24) is 10.2 Å². The molecule has 0 bridgehead atoms. The second-order valence-electron chi connectivity index (χ2n) is 3.48. The van der Waals surface area contributed by atoms with Crippen LogP contribution in [0.2, 0.25) is 0 Å². The zero-order chi connectivity index (χ0) is 9.42. The van der Waals surface area contributed by atoms with Gasteiger partial charge >= 0.3 is 0 Å². The van der Waals surface area contributed by atoms with Crippen LogP contribution < -0.4 is 0 Å². The number of fused-ring (bicyclic) bond motifs is 1. The Hall–Kier alpha value is -1.31. The van der Waals surface area contributed by atoms with Gasteiger partial charge < -0.3 is 0 Å². The summed E-state index contributed by atoms with van der Waals surface area (Å²) in [5.74, 6) is 0. The largest absolute Gasteiger partial charge is 0.278 e. The molecule has 0 fully saturated rings. The van der Waals surface area contributed by atoms with Gasteiger partial charge in [0, 0.05) is 5.39 Å². The highest BCUT2D eigenvalue weighted by Gasteiger charge is 2.06. The van der Waals surface area contributed by atoms with E-state index < -0.39 is 0 Å². The predicted molar refractivity (Wildman–Crippen MR) is 54.9 cm³/mol. The third-order valence-electron chi connectivity index (χ3n) is 2.75. The number of aromatic amines is 1. The van der Waals surface area contributed by atoms with Crippen molar-refractivity contribution in [1.29, 1.82) is 0 Å². The summed E-state index contributed by atoms with van der Waals surface area (Å²) >= 11 is 0. The van der Waals surface area contributed by atoms with Gasteiger partial charge in [0.1, 0.15) is 0 Å². The fourth-order valence-corrected chi connectivity index (χ4v) is 1.87. The van der Waals surface area contributed by atoms with Crippen LogP contribution >= 0.6 is 0 Å². The van der Waals surface area contributed by atoms with Crippen LogP contribution in [-0.2, 0) is 6.42 Å². The molecule has 2 nitrogen and oxygen atoms in total. The molecule has 0 radical (unpaired) electrons. The number of hydrogen-bond acceptors (Lipinski definition) is 1. The summed E-state index contributed by atoms with van der Waals surface area (Å²) in [5.41, 5.74) is 5.31. The molecule has 2 rings (SSSR count). The van der Waals surface area contributed by atoms with Crippen LogP contribution in [0.3, 0.4) is 0 Å². The molecule has 1 N–H and O–H groups in total. The maximum Gasteiger partial charge on any atom is 0.0655 e. The monoisotopic (exact) mass is 174 g/mol. The predicted octanol–water partition coefficient (Wildman–Crippen LogP) is 2.74. The summed E-state index contributed by atoms with van der Waals surface area (Å²) in [4.78, 5) is 0. The molecule has 0 atom stereocenters. The number of rotatable bonds is 1. The standard InChI is InChI=1S/C11H14N2/c1-4-9-8(3)7(2)5-11-10(9)6-12-13-11/h5-6H,4H2,1-3H3,(H,12,13). The van der Waals surface area contributed by atoms with E-state index in [1.807, 2.05) is 6.20 Å². The lowest BCUT2D eigenvalue weighted by atomic mass is 9.98. The molecule has 0 saturated heterocycles. The fraction of sp³-hybridized carbons (Fsp3) is 0.364. The number of hydrogen-bond donors (Lipinski definition) is 1. The molecule has 0 amide bonds. The Morgan fingerprint density at radius 3 is 2.85 bits per heavy atom. The summed E-state index contributed by atoms with van der Waals surface area (Å²) < 4.78 is 0. The van der Waals surface area contributed by atoms with Crippen LogP contribution in [0.5, 0.6) is 0 Å². The summed E-state index contributed by atoms with van der Waals surface area (Å²) in [7, 11) is 0. The lowest BCUT2D eigenvalue weighted by Gasteiger charge is -2.07. The summed E-state index contributed by atoms with van der Waals surface area (Å²) in [6, 6.07) is 2.16. The quantitative estimate of drug-likeness (QED) is 0.707. The molecule has 13 heavy (non-hydrogen) atoms. The average molecular weight is 174 g/mol. The number of H-pyrrole nitrogens is 1. The van der Waals surface area contributed by atoms with Crippen molar-refractivity contribution >= 4 is 10.9 Å². The Kier molecular flexibility index (Phi) is 1.83. The summed E-state index contributed by atoms with van der Waals surface area (Å²) in [5, 5.41) is 8.35. The number of benzene rings is 1. The molecule has 2 aromatic rings. The zero-order valence-electron chi connectivity index (χ0n) is 8.31. The van der Waals surface area contributed by atoms with E-state index in [1.165, 1.54) is 22.1 Å². The van der Waals surface area contributed by atoms with E-state index in [9.17, 15) is 0 Å². The second kappa shape index (κ2) is 2.87. The Bertz CT molecular complexity index is 441. The van der Waals surface area contributed by atoms with Gasteiger partial charge in [0.05, 0.1) is 11.7 Å². The average Bonchev–Trinajstić information content (AvgIpc) is 2.54. The third kappa shape index (κ3) is 1.13. The van der Waals surface area contributed by atoms with E-state index in [0.717, 1.165) is 11.9 Å². The van der Waals surface area contributed by atoms with Gasteiger partial charge in [-0.3, -0.25) is 5.10 Å². The molecule has 0 saturated carbocycles. The Labute approximate surface area is 78.0 Å². The molecule has 0 unspecified atom stereocenters. The minimum absolute atomic E-state index is 1.07. The Morgan fingerprint density at radius 1 is 1.38 bits per heavy atom. The molecule has 1 heterocycles. The van der Waals surface area contributed by atoms with Crippen molar-refractivity contribution in [2.75, 3.05) is 0 Å². The van der Waals surface area contributed by atoms with Crippen molar-refractivity contribution in [2.45, 2.75) is 27.2 Å². The molecule has 1 aromatic carbocycles. The SMILES string of the molecule is CCc1c(C)c(C)cc2[nH]ncc12. The topological polar surface area (TPSA) is 28.7 Å². The molecule has 2 heteroatoms. The van der Waals surface area contributed by atoms with Crippen molar-refractivity contribution in [3.63, 3.8) is 0 Å². The molecular weight excluding hydrogens is 160 g/mol. The fourth-order valence-electron chi connectivity index (χ4n) is 1.87.